The maximum atomic E-state index is 9.76. The second kappa shape index (κ2) is 7.98. The second-order valence-corrected chi connectivity index (χ2v) is 4.77. The molecule has 3 heteroatoms. The lowest BCUT2D eigenvalue weighted by Crippen LogP contribution is -2.25. The summed E-state index contributed by atoms with van der Waals surface area (Å²) in [7, 11) is 1.64. The van der Waals surface area contributed by atoms with Crippen molar-refractivity contribution in [3.8, 4) is 11.5 Å². The number of hydrogen-bond donors (Lipinski definition) is 2. The lowest BCUT2D eigenvalue weighted by molar-refractivity contribution is 0.408. The molecule has 0 fully saturated rings. The van der Waals surface area contributed by atoms with Gasteiger partial charge in [0.2, 0.25) is 0 Å². The summed E-state index contributed by atoms with van der Waals surface area (Å²) in [4.78, 5) is 0. The van der Waals surface area contributed by atoms with Gasteiger partial charge in [0, 0.05) is 18.2 Å². The summed E-state index contributed by atoms with van der Waals surface area (Å²) in [6.45, 7) is 5.08. The van der Waals surface area contributed by atoms with Gasteiger partial charge in [-0.25, -0.2) is 0 Å². The van der Waals surface area contributed by atoms with Crippen molar-refractivity contribution in [2.24, 2.45) is 0 Å². The summed E-state index contributed by atoms with van der Waals surface area (Å²) < 4.78 is 5.16. The zero-order valence-electron chi connectivity index (χ0n) is 11.7. The molecule has 0 aliphatic carbocycles. The molecule has 0 aromatic heterocycles. The lowest BCUT2D eigenvalue weighted by atomic mass is 10.1. The summed E-state index contributed by atoms with van der Waals surface area (Å²) in [6.07, 6.45) is 4.98. The maximum Gasteiger partial charge on any atom is 0.120 e. The van der Waals surface area contributed by atoms with Gasteiger partial charge in [-0.1, -0.05) is 26.2 Å². The largest absolute Gasteiger partial charge is 0.508 e. The zero-order chi connectivity index (χ0) is 13.4. The standard InChI is InChI=1S/C15H25NO2/c1-4-5-6-7-12(2)16-11-13-10-14(18-3)8-9-15(13)17/h8-10,12,16-17H,4-7,11H2,1-3H3. The van der Waals surface area contributed by atoms with Crippen molar-refractivity contribution in [1.82, 2.24) is 5.32 Å². The first kappa shape index (κ1) is 14.8. The first-order valence-electron chi connectivity index (χ1n) is 6.76. The Morgan fingerprint density at radius 1 is 1.33 bits per heavy atom. The van der Waals surface area contributed by atoms with Crippen molar-refractivity contribution in [2.75, 3.05) is 7.11 Å². The maximum absolute atomic E-state index is 9.76. The molecule has 0 radical (unpaired) electrons. The van der Waals surface area contributed by atoms with Crippen LogP contribution in [-0.4, -0.2) is 18.3 Å². The number of ether oxygens (including phenoxy) is 1. The van der Waals surface area contributed by atoms with Crippen molar-refractivity contribution in [1.29, 1.82) is 0 Å². The molecule has 1 aromatic rings. The van der Waals surface area contributed by atoms with Gasteiger partial charge in [-0.2, -0.15) is 0 Å². The average molecular weight is 251 g/mol. The lowest BCUT2D eigenvalue weighted by Gasteiger charge is -2.14. The van der Waals surface area contributed by atoms with Gasteiger partial charge in [-0.15, -0.1) is 0 Å². The third-order valence-electron chi connectivity index (χ3n) is 3.17. The highest BCUT2D eigenvalue weighted by molar-refractivity contribution is 5.39. The van der Waals surface area contributed by atoms with E-state index in [-0.39, 0.29) is 0 Å². The van der Waals surface area contributed by atoms with E-state index in [2.05, 4.69) is 19.2 Å². The van der Waals surface area contributed by atoms with E-state index < -0.39 is 0 Å². The molecular weight excluding hydrogens is 226 g/mol. The molecule has 18 heavy (non-hydrogen) atoms. The van der Waals surface area contributed by atoms with E-state index in [1.54, 1.807) is 19.2 Å². The van der Waals surface area contributed by atoms with E-state index in [9.17, 15) is 5.11 Å². The number of benzene rings is 1. The highest BCUT2D eigenvalue weighted by atomic mass is 16.5. The van der Waals surface area contributed by atoms with Crippen LogP contribution in [0.2, 0.25) is 0 Å². The van der Waals surface area contributed by atoms with Gasteiger partial charge in [0.15, 0.2) is 0 Å². The Morgan fingerprint density at radius 3 is 2.78 bits per heavy atom. The Kier molecular flexibility index (Phi) is 6.58. The molecule has 0 spiro atoms. The molecule has 1 unspecified atom stereocenters. The van der Waals surface area contributed by atoms with Crippen LogP contribution in [0.5, 0.6) is 11.5 Å². The normalized spacial score (nSPS) is 12.4. The number of methoxy groups -OCH3 is 1. The monoisotopic (exact) mass is 251 g/mol. The van der Waals surface area contributed by atoms with E-state index in [4.69, 9.17) is 4.74 Å². The average Bonchev–Trinajstić information content (AvgIpc) is 2.38. The van der Waals surface area contributed by atoms with Crippen LogP contribution in [0, 0.1) is 0 Å². The molecule has 102 valence electrons. The van der Waals surface area contributed by atoms with Crippen molar-refractivity contribution in [3.63, 3.8) is 0 Å². The van der Waals surface area contributed by atoms with E-state index in [1.807, 2.05) is 6.07 Å². The molecule has 0 saturated carbocycles. The predicted molar refractivity (Wildman–Crippen MR) is 75.1 cm³/mol. The van der Waals surface area contributed by atoms with E-state index >= 15 is 0 Å². The van der Waals surface area contributed by atoms with Crippen molar-refractivity contribution >= 4 is 0 Å². The minimum absolute atomic E-state index is 0.323. The Hall–Kier alpha value is -1.22. The minimum atomic E-state index is 0.323. The number of hydrogen-bond acceptors (Lipinski definition) is 3. The predicted octanol–water partition coefficient (Wildman–Crippen LogP) is 3.46. The number of phenolic OH excluding ortho intramolecular Hbond substituents is 1. The highest BCUT2D eigenvalue weighted by Gasteiger charge is 2.06. The molecule has 3 nitrogen and oxygen atoms in total. The number of nitrogens with one attached hydrogen (secondary N) is 1. The molecule has 0 bridgehead atoms. The minimum Gasteiger partial charge on any atom is -0.508 e. The summed E-state index contributed by atoms with van der Waals surface area (Å²) in [5.41, 5.74) is 0.886. The van der Waals surface area contributed by atoms with Gasteiger partial charge < -0.3 is 15.2 Å². The Morgan fingerprint density at radius 2 is 2.11 bits per heavy atom. The van der Waals surface area contributed by atoms with Crippen molar-refractivity contribution in [3.05, 3.63) is 23.8 Å². The van der Waals surface area contributed by atoms with E-state index in [1.165, 1.54) is 25.7 Å². The molecule has 0 heterocycles. The van der Waals surface area contributed by atoms with E-state index in [0.717, 1.165) is 11.3 Å². The molecule has 0 aliphatic heterocycles. The third-order valence-corrected chi connectivity index (χ3v) is 3.17. The quantitative estimate of drug-likeness (QED) is 0.695. The number of rotatable bonds is 8. The van der Waals surface area contributed by atoms with Crippen LogP contribution >= 0.6 is 0 Å². The van der Waals surface area contributed by atoms with Gasteiger partial charge in [0.1, 0.15) is 11.5 Å². The van der Waals surface area contributed by atoms with E-state index in [0.29, 0.717) is 18.3 Å². The molecule has 0 amide bonds. The van der Waals surface area contributed by atoms with Crippen LogP contribution in [-0.2, 0) is 6.54 Å². The number of aromatic hydroxyl groups is 1. The number of unbranched alkanes of at least 4 members (excludes halogenated alkanes) is 2. The van der Waals surface area contributed by atoms with Crippen LogP contribution in [0.25, 0.3) is 0 Å². The molecule has 1 aromatic carbocycles. The van der Waals surface area contributed by atoms with Crippen LogP contribution in [0.4, 0.5) is 0 Å². The smallest absolute Gasteiger partial charge is 0.120 e. The van der Waals surface area contributed by atoms with Crippen LogP contribution in [0.1, 0.15) is 45.1 Å². The van der Waals surface area contributed by atoms with Gasteiger partial charge in [0.05, 0.1) is 7.11 Å². The molecular formula is C15H25NO2. The van der Waals surface area contributed by atoms with Gasteiger partial charge in [-0.3, -0.25) is 0 Å². The first-order valence-corrected chi connectivity index (χ1v) is 6.76. The second-order valence-electron chi connectivity index (χ2n) is 4.77. The fourth-order valence-corrected chi connectivity index (χ4v) is 1.92. The molecule has 0 aliphatic rings. The topological polar surface area (TPSA) is 41.5 Å². The number of phenols is 1. The van der Waals surface area contributed by atoms with Crippen LogP contribution in [0.15, 0.2) is 18.2 Å². The van der Waals surface area contributed by atoms with Crippen LogP contribution in [0.3, 0.4) is 0 Å². The summed E-state index contributed by atoms with van der Waals surface area (Å²) in [5.74, 6) is 1.10. The van der Waals surface area contributed by atoms with Crippen molar-refractivity contribution < 1.29 is 9.84 Å². The fraction of sp³-hybridized carbons (Fsp3) is 0.600. The van der Waals surface area contributed by atoms with Crippen molar-refractivity contribution in [2.45, 2.75) is 52.1 Å². The zero-order valence-corrected chi connectivity index (χ0v) is 11.7. The molecule has 1 rings (SSSR count). The summed E-state index contributed by atoms with van der Waals surface area (Å²) >= 11 is 0. The summed E-state index contributed by atoms with van der Waals surface area (Å²) in [5, 5.41) is 13.2. The Bertz CT molecular complexity index is 352. The Balaban J connectivity index is 2.42. The van der Waals surface area contributed by atoms with Gasteiger partial charge >= 0.3 is 0 Å². The SMILES string of the molecule is CCCCCC(C)NCc1cc(OC)ccc1O. The van der Waals surface area contributed by atoms with Gasteiger partial charge in [-0.05, 0) is 31.5 Å². The highest BCUT2D eigenvalue weighted by Crippen LogP contribution is 2.22. The third kappa shape index (κ3) is 4.96. The van der Waals surface area contributed by atoms with Crippen LogP contribution < -0.4 is 10.1 Å². The fourth-order valence-electron chi connectivity index (χ4n) is 1.92. The first-order chi connectivity index (χ1) is 8.67. The summed E-state index contributed by atoms with van der Waals surface area (Å²) in [6, 6.07) is 5.80. The van der Waals surface area contributed by atoms with Gasteiger partial charge in [0.25, 0.3) is 0 Å². The Labute approximate surface area is 110 Å². The molecule has 2 N–H and O–H groups in total. The molecule has 0 saturated heterocycles. The molecule has 1 atom stereocenters.